The van der Waals surface area contributed by atoms with Crippen molar-refractivity contribution < 1.29 is 14.3 Å². The normalized spacial score (nSPS) is 10.5. The largest absolute Gasteiger partial charge is 0.486 e. The molecule has 3 rings (SSSR count). The molecule has 6 heteroatoms. The van der Waals surface area contributed by atoms with Gasteiger partial charge in [0, 0.05) is 25.1 Å². The predicted octanol–water partition coefficient (Wildman–Crippen LogP) is 3.15. The van der Waals surface area contributed by atoms with E-state index < -0.39 is 0 Å². The first kappa shape index (κ1) is 17.7. The average Bonchev–Trinajstić information content (AvgIpc) is 3.07. The Bertz CT molecular complexity index is 829. The molecule has 0 fully saturated rings. The first-order valence-electron chi connectivity index (χ1n) is 8.31. The minimum Gasteiger partial charge on any atom is -0.486 e. The van der Waals surface area contributed by atoms with Gasteiger partial charge in [-0.3, -0.25) is 4.79 Å². The number of amides is 1. The standard InChI is InChI=1S/C20H21N3O3/c1-23-12-11-21-19(23)14-26-18-9-7-17(8-10-18)22-20(24)15-25-13-16-5-3-2-4-6-16/h2-12H,13-15H2,1H3,(H,22,24). The number of carbonyl (C=O) groups excluding carboxylic acids is 1. The highest BCUT2D eigenvalue weighted by molar-refractivity contribution is 5.91. The van der Waals surface area contributed by atoms with E-state index in [1.807, 2.05) is 60.3 Å². The van der Waals surface area contributed by atoms with Gasteiger partial charge < -0.3 is 19.4 Å². The van der Waals surface area contributed by atoms with Gasteiger partial charge in [0.1, 0.15) is 24.8 Å². The maximum absolute atomic E-state index is 11.9. The van der Waals surface area contributed by atoms with Crippen LogP contribution in [0.15, 0.2) is 67.0 Å². The molecule has 2 aromatic carbocycles. The van der Waals surface area contributed by atoms with E-state index in [1.165, 1.54) is 0 Å². The molecule has 1 heterocycles. The summed E-state index contributed by atoms with van der Waals surface area (Å²) >= 11 is 0. The second kappa shape index (κ2) is 8.82. The van der Waals surface area contributed by atoms with Crippen LogP contribution in [0.3, 0.4) is 0 Å². The van der Waals surface area contributed by atoms with Crippen molar-refractivity contribution >= 4 is 11.6 Å². The molecule has 134 valence electrons. The number of hydrogen-bond acceptors (Lipinski definition) is 4. The van der Waals surface area contributed by atoms with Gasteiger partial charge in [-0.1, -0.05) is 30.3 Å². The van der Waals surface area contributed by atoms with Gasteiger partial charge >= 0.3 is 0 Å². The van der Waals surface area contributed by atoms with Crippen molar-refractivity contribution in [3.63, 3.8) is 0 Å². The number of hydrogen-bond donors (Lipinski definition) is 1. The number of carbonyl (C=O) groups is 1. The number of anilines is 1. The quantitative estimate of drug-likeness (QED) is 0.677. The maximum Gasteiger partial charge on any atom is 0.250 e. The SMILES string of the molecule is Cn1ccnc1COc1ccc(NC(=O)COCc2ccccc2)cc1. The van der Waals surface area contributed by atoms with Gasteiger partial charge in [0.2, 0.25) is 5.91 Å². The second-order valence-electron chi connectivity index (χ2n) is 5.79. The summed E-state index contributed by atoms with van der Waals surface area (Å²) in [6.45, 7) is 0.809. The molecule has 3 aromatic rings. The number of aromatic nitrogens is 2. The van der Waals surface area contributed by atoms with Crippen molar-refractivity contribution in [1.29, 1.82) is 0 Å². The van der Waals surface area contributed by atoms with Gasteiger partial charge in [0.25, 0.3) is 0 Å². The Balaban J connectivity index is 1.42. The Kier molecular flexibility index (Phi) is 6.01. The Morgan fingerprint density at radius 2 is 1.85 bits per heavy atom. The molecule has 1 N–H and O–H groups in total. The van der Waals surface area contributed by atoms with Crippen molar-refractivity contribution in [3.05, 3.63) is 78.4 Å². The van der Waals surface area contributed by atoms with Crippen LogP contribution >= 0.6 is 0 Å². The van der Waals surface area contributed by atoms with E-state index in [4.69, 9.17) is 9.47 Å². The lowest BCUT2D eigenvalue weighted by molar-refractivity contribution is -0.121. The lowest BCUT2D eigenvalue weighted by Crippen LogP contribution is -2.18. The Labute approximate surface area is 152 Å². The number of imidazole rings is 1. The van der Waals surface area contributed by atoms with Gasteiger partial charge in [-0.15, -0.1) is 0 Å². The van der Waals surface area contributed by atoms with Crippen LogP contribution in [0.1, 0.15) is 11.4 Å². The van der Waals surface area contributed by atoms with Crippen LogP contribution in [0.4, 0.5) is 5.69 Å². The topological polar surface area (TPSA) is 65.4 Å². The lowest BCUT2D eigenvalue weighted by Gasteiger charge is -2.09. The van der Waals surface area contributed by atoms with E-state index in [9.17, 15) is 4.79 Å². The zero-order chi connectivity index (χ0) is 18.2. The van der Waals surface area contributed by atoms with Crippen LogP contribution < -0.4 is 10.1 Å². The maximum atomic E-state index is 11.9. The number of rotatable bonds is 8. The van der Waals surface area contributed by atoms with E-state index in [2.05, 4.69) is 10.3 Å². The van der Waals surface area contributed by atoms with Crippen LogP contribution in [0, 0.1) is 0 Å². The van der Waals surface area contributed by atoms with Crippen LogP contribution in [0.2, 0.25) is 0 Å². The molecule has 0 aliphatic heterocycles. The minimum atomic E-state index is -0.192. The van der Waals surface area contributed by atoms with E-state index >= 15 is 0 Å². The zero-order valence-corrected chi connectivity index (χ0v) is 14.6. The smallest absolute Gasteiger partial charge is 0.250 e. The fraction of sp³-hybridized carbons (Fsp3) is 0.200. The fourth-order valence-corrected chi connectivity index (χ4v) is 2.35. The molecular weight excluding hydrogens is 330 g/mol. The molecule has 0 saturated carbocycles. The molecule has 0 aliphatic carbocycles. The molecule has 26 heavy (non-hydrogen) atoms. The summed E-state index contributed by atoms with van der Waals surface area (Å²) in [5.74, 6) is 1.37. The highest BCUT2D eigenvalue weighted by Gasteiger charge is 2.04. The van der Waals surface area contributed by atoms with Gasteiger partial charge in [-0.2, -0.15) is 0 Å². The zero-order valence-electron chi connectivity index (χ0n) is 14.6. The molecule has 0 spiro atoms. The second-order valence-corrected chi connectivity index (χ2v) is 5.79. The van der Waals surface area contributed by atoms with Crippen molar-refractivity contribution in [1.82, 2.24) is 9.55 Å². The lowest BCUT2D eigenvalue weighted by atomic mass is 10.2. The van der Waals surface area contributed by atoms with Crippen LogP contribution in [-0.2, 0) is 29.8 Å². The van der Waals surface area contributed by atoms with Crippen molar-refractivity contribution in [2.45, 2.75) is 13.2 Å². The average molecular weight is 351 g/mol. The molecule has 0 bridgehead atoms. The first-order chi connectivity index (χ1) is 12.7. The van der Waals surface area contributed by atoms with Crippen molar-refractivity contribution in [2.75, 3.05) is 11.9 Å². The number of aryl methyl sites for hydroxylation is 1. The number of benzene rings is 2. The molecule has 0 aliphatic rings. The molecule has 0 saturated heterocycles. The molecular formula is C20H21N3O3. The summed E-state index contributed by atoms with van der Waals surface area (Å²) in [5, 5.41) is 2.80. The monoisotopic (exact) mass is 351 g/mol. The summed E-state index contributed by atoms with van der Waals surface area (Å²) in [4.78, 5) is 16.1. The fourth-order valence-electron chi connectivity index (χ4n) is 2.35. The summed E-state index contributed by atoms with van der Waals surface area (Å²) in [6.07, 6.45) is 3.61. The van der Waals surface area contributed by atoms with Crippen LogP contribution in [0.5, 0.6) is 5.75 Å². The Hall–Kier alpha value is -3.12. The Morgan fingerprint density at radius 1 is 1.08 bits per heavy atom. The summed E-state index contributed by atoms with van der Waals surface area (Å²) in [7, 11) is 1.92. The highest BCUT2D eigenvalue weighted by atomic mass is 16.5. The van der Waals surface area contributed by atoms with E-state index in [1.54, 1.807) is 18.3 Å². The van der Waals surface area contributed by atoms with Gasteiger partial charge in [-0.25, -0.2) is 4.98 Å². The predicted molar refractivity (Wildman–Crippen MR) is 98.7 cm³/mol. The van der Waals surface area contributed by atoms with E-state index in [-0.39, 0.29) is 12.5 Å². The van der Waals surface area contributed by atoms with Gasteiger partial charge in [0.15, 0.2) is 0 Å². The third kappa shape index (κ3) is 5.19. The number of nitrogens with one attached hydrogen (secondary N) is 1. The highest BCUT2D eigenvalue weighted by Crippen LogP contribution is 2.16. The van der Waals surface area contributed by atoms with Crippen LogP contribution in [0.25, 0.3) is 0 Å². The third-order valence-corrected chi connectivity index (χ3v) is 3.77. The molecule has 1 aromatic heterocycles. The van der Waals surface area contributed by atoms with Crippen LogP contribution in [-0.4, -0.2) is 22.1 Å². The summed E-state index contributed by atoms with van der Waals surface area (Å²) in [5.41, 5.74) is 1.73. The minimum absolute atomic E-state index is 0.00625. The molecule has 6 nitrogen and oxygen atoms in total. The van der Waals surface area contributed by atoms with E-state index in [0.29, 0.717) is 24.7 Å². The number of ether oxygens (including phenoxy) is 2. The summed E-state index contributed by atoms with van der Waals surface area (Å²) in [6, 6.07) is 17.0. The molecule has 1 amide bonds. The summed E-state index contributed by atoms with van der Waals surface area (Å²) < 4.78 is 13.0. The molecule has 0 atom stereocenters. The van der Waals surface area contributed by atoms with Crippen molar-refractivity contribution in [3.8, 4) is 5.75 Å². The molecule has 0 unspecified atom stereocenters. The van der Waals surface area contributed by atoms with Crippen molar-refractivity contribution in [2.24, 2.45) is 7.05 Å². The third-order valence-electron chi connectivity index (χ3n) is 3.77. The number of nitrogens with zero attached hydrogens (tertiary/aromatic N) is 2. The Morgan fingerprint density at radius 3 is 2.54 bits per heavy atom. The van der Waals surface area contributed by atoms with Gasteiger partial charge in [-0.05, 0) is 29.8 Å². The van der Waals surface area contributed by atoms with E-state index in [0.717, 1.165) is 11.4 Å². The first-order valence-corrected chi connectivity index (χ1v) is 8.31. The van der Waals surface area contributed by atoms with Gasteiger partial charge in [0.05, 0.1) is 6.61 Å². The molecule has 0 radical (unpaired) electrons.